The summed E-state index contributed by atoms with van der Waals surface area (Å²) in [6, 6.07) is 4.21. The van der Waals surface area contributed by atoms with Crippen molar-refractivity contribution in [1.29, 1.82) is 0 Å². The number of likely N-dealkylation sites (N-methyl/N-ethyl adjacent to an activating group) is 1. The van der Waals surface area contributed by atoms with Crippen molar-refractivity contribution in [1.82, 2.24) is 4.90 Å². The van der Waals surface area contributed by atoms with E-state index in [2.05, 4.69) is 24.2 Å². The summed E-state index contributed by atoms with van der Waals surface area (Å²) in [6.45, 7) is 3.26. The zero-order valence-corrected chi connectivity index (χ0v) is 16.1. The normalized spacial score (nSPS) is 33.3. The summed E-state index contributed by atoms with van der Waals surface area (Å²) >= 11 is 0. The van der Waals surface area contributed by atoms with Crippen LogP contribution in [0.5, 0.6) is 5.75 Å². The SMILES string of the molecule is CN1CC[C@@]23CCCC[C@]2(C)[C@@H]1Cc1cc(NCCC(F)(F)F)c(O)cc13. The fourth-order valence-corrected chi connectivity index (χ4v) is 6.24. The van der Waals surface area contributed by atoms with Crippen molar-refractivity contribution in [2.24, 2.45) is 5.41 Å². The number of anilines is 1. The van der Waals surface area contributed by atoms with Crippen LogP contribution in [0, 0.1) is 5.41 Å². The maximum Gasteiger partial charge on any atom is 0.390 e. The molecule has 3 atom stereocenters. The number of fused-ring (bicyclic) bond motifs is 1. The van der Waals surface area contributed by atoms with Crippen molar-refractivity contribution in [3.8, 4) is 5.75 Å². The van der Waals surface area contributed by atoms with Gasteiger partial charge in [-0.3, -0.25) is 0 Å². The molecule has 4 rings (SSSR count). The topological polar surface area (TPSA) is 35.5 Å². The van der Waals surface area contributed by atoms with E-state index >= 15 is 0 Å². The molecule has 27 heavy (non-hydrogen) atoms. The number of nitrogens with zero attached hydrogens (tertiary/aromatic N) is 1. The Bertz CT molecular complexity index is 735. The molecule has 0 amide bonds. The van der Waals surface area contributed by atoms with Gasteiger partial charge >= 0.3 is 6.18 Å². The molecule has 1 aromatic carbocycles. The molecule has 2 N–H and O–H groups in total. The number of benzene rings is 1. The van der Waals surface area contributed by atoms with Crippen LogP contribution < -0.4 is 5.32 Å². The van der Waals surface area contributed by atoms with Gasteiger partial charge in [0.15, 0.2) is 0 Å². The van der Waals surface area contributed by atoms with Gasteiger partial charge in [0, 0.05) is 18.0 Å². The Kier molecular flexibility index (Phi) is 4.41. The number of phenols is 1. The maximum absolute atomic E-state index is 12.5. The molecule has 150 valence electrons. The summed E-state index contributed by atoms with van der Waals surface area (Å²) in [7, 11) is 2.20. The number of phenolic OH excluding ortho intramolecular Hbond substituents is 1. The minimum atomic E-state index is -4.20. The lowest BCUT2D eigenvalue weighted by Gasteiger charge is -2.65. The van der Waals surface area contributed by atoms with Crippen LogP contribution in [-0.4, -0.2) is 42.4 Å². The van der Waals surface area contributed by atoms with E-state index in [9.17, 15) is 18.3 Å². The lowest BCUT2D eigenvalue weighted by molar-refractivity contribution is -0.131. The highest BCUT2D eigenvalue weighted by atomic mass is 19.4. The summed E-state index contributed by atoms with van der Waals surface area (Å²) < 4.78 is 37.4. The second-order valence-corrected chi connectivity index (χ2v) is 8.98. The van der Waals surface area contributed by atoms with Crippen molar-refractivity contribution >= 4 is 5.69 Å². The maximum atomic E-state index is 12.5. The molecule has 2 bridgehead atoms. The molecular weight excluding hydrogens is 353 g/mol. The lowest BCUT2D eigenvalue weighted by atomic mass is 9.45. The van der Waals surface area contributed by atoms with Gasteiger partial charge in [-0.05, 0) is 68.0 Å². The Labute approximate surface area is 158 Å². The first-order chi connectivity index (χ1) is 12.7. The van der Waals surface area contributed by atoms with Gasteiger partial charge in [-0.15, -0.1) is 0 Å². The Hall–Kier alpha value is -1.43. The van der Waals surface area contributed by atoms with Crippen LogP contribution in [-0.2, 0) is 11.8 Å². The Morgan fingerprint density at radius 1 is 1.22 bits per heavy atom. The van der Waals surface area contributed by atoms with Crippen molar-refractivity contribution in [3.63, 3.8) is 0 Å². The monoisotopic (exact) mass is 382 g/mol. The third-order valence-corrected chi connectivity index (χ3v) is 7.68. The number of piperidine rings is 1. The van der Waals surface area contributed by atoms with E-state index < -0.39 is 12.6 Å². The van der Waals surface area contributed by atoms with Gasteiger partial charge in [-0.25, -0.2) is 0 Å². The zero-order valence-electron chi connectivity index (χ0n) is 16.1. The quantitative estimate of drug-likeness (QED) is 0.735. The van der Waals surface area contributed by atoms with Crippen LogP contribution in [0.2, 0.25) is 0 Å². The summed E-state index contributed by atoms with van der Waals surface area (Å²) in [5, 5.41) is 13.4. The minimum Gasteiger partial charge on any atom is -0.506 e. The number of likely N-dealkylation sites (tertiary alicyclic amines) is 1. The summed E-state index contributed by atoms with van der Waals surface area (Å²) in [4.78, 5) is 2.47. The van der Waals surface area contributed by atoms with Crippen molar-refractivity contribution in [3.05, 3.63) is 23.3 Å². The third kappa shape index (κ3) is 2.91. The van der Waals surface area contributed by atoms with Gasteiger partial charge in [-0.2, -0.15) is 13.2 Å². The van der Waals surface area contributed by atoms with Crippen LogP contribution in [0.4, 0.5) is 18.9 Å². The van der Waals surface area contributed by atoms with Crippen molar-refractivity contribution in [2.75, 3.05) is 25.5 Å². The molecule has 1 heterocycles. The third-order valence-electron chi connectivity index (χ3n) is 7.68. The fourth-order valence-electron chi connectivity index (χ4n) is 6.24. The number of nitrogens with one attached hydrogen (secondary N) is 1. The molecule has 2 fully saturated rings. The molecule has 6 heteroatoms. The van der Waals surface area contributed by atoms with Crippen LogP contribution in [0.3, 0.4) is 0 Å². The lowest BCUT2D eigenvalue weighted by Crippen LogP contribution is -2.66. The highest BCUT2D eigenvalue weighted by Gasteiger charge is 2.60. The first-order valence-corrected chi connectivity index (χ1v) is 10.0. The smallest absolute Gasteiger partial charge is 0.390 e. The van der Waals surface area contributed by atoms with E-state index in [1.165, 1.54) is 30.4 Å². The van der Waals surface area contributed by atoms with E-state index in [0.29, 0.717) is 11.7 Å². The molecule has 2 aliphatic carbocycles. The number of alkyl halides is 3. The highest BCUT2D eigenvalue weighted by molar-refractivity contribution is 5.62. The van der Waals surface area contributed by atoms with Crippen molar-refractivity contribution < 1.29 is 18.3 Å². The predicted molar refractivity (Wildman–Crippen MR) is 100 cm³/mol. The molecule has 0 unspecified atom stereocenters. The zero-order chi connectivity index (χ0) is 19.4. The van der Waals surface area contributed by atoms with E-state index in [4.69, 9.17) is 0 Å². The van der Waals surface area contributed by atoms with E-state index in [1.807, 2.05) is 12.1 Å². The van der Waals surface area contributed by atoms with Gasteiger partial charge in [0.1, 0.15) is 5.75 Å². The first kappa shape index (κ1) is 18.9. The molecule has 1 aliphatic heterocycles. The van der Waals surface area contributed by atoms with E-state index in [-0.39, 0.29) is 23.1 Å². The number of hydrogen-bond donors (Lipinski definition) is 2. The predicted octanol–water partition coefficient (Wildman–Crippen LogP) is 4.83. The molecule has 1 aromatic rings. The van der Waals surface area contributed by atoms with Crippen LogP contribution in [0.15, 0.2) is 12.1 Å². The average Bonchev–Trinajstić information content (AvgIpc) is 2.58. The fraction of sp³-hybridized carbons (Fsp3) is 0.714. The number of halogens is 3. The Morgan fingerprint density at radius 2 is 1.96 bits per heavy atom. The number of aromatic hydroxyl groups is 1. The second kappa shape index (κ2) is 6.29. The second-order valence-electron chi connectivity index (χ2n) is 8.98. The van der Waals surface area contributed by atoms with Gasteiger partial charge in [-0.1, -0.05) is 19.8 Å². The molecule has 0 spiro atoms. The summed E-state index contributed by atoms with van der Waals surface area (Å²) in [5.41, 5.74) is 3.14. The minimum absolute atomic E-state index is 0.0793. The van der Waals surface area contributed by atoms with Crippen LogP contribution in [0.1, 0.15) is 56.6 Å². The molecule has 1 saturated heterocycles. The molecule has 3 aliphatic rings. The Morgan fingerprint density at radius 3 is 2.70 bits per heavy atom. The number of rotatable bonds is 3. The summed E-state index contributed by atoms with van der Waals surface area (Å²) in [6.07, 6.45) is 1.69. The number of hydrogen-bond acceptors (Lipinski definition) is 3. The summed E-state index contributed by atoms with van der Waals surface area (Å²) in [5.74, 6) is 0.0793. The molecule has 0 aromatic heterocycles. The van der Waals surface area contributed by atoms with E-state index in [1.54, 1.807) is 0 Å². The highest BCUT2D eigenvalue weighted by Crippen LogP contribution is 2.63. The van der Waals surface area contributed by atoms with Crippen molar-refractivity contribution in [2.45, 2.75) is 69.5 Å². The molecular formula is C21H29F3N2O. The molecule has 1 saturated carbocycles. The van der Waals surface area contributed by atoms with Gasteiger partial charge in [0.05, 0.1) is 12.1 Å². The van der Waals surface area contributed by atoms with Gasteiger partial charge in [0.2, 0.25) is 0 Å². The average molecular weight is 382 g/mol. The van der Waals surface area contributed by atoms with E-state index in [0.717, 1.165) is 25.8 Å². The Balaban J connectivity index is 1.71. The molecule has 0 radical (unpaired) electrons. The largest absolute Gasteiger partial charge is 0.506 e. The van der Waals surface area contributed by atoms with Gasteiger partial charge in [0.25, 0.3) is 0 Å². The van der Waals surface area contributed by atoms with Crippen LogP contribution in [0.25, 0.3) is 0 Å². The van der Waals surface area contributed by atoms with Gasteiger partial charge < -0.3 is 15.3 Å². The standard InChI is InChI=1S/C21H29F3N2O/c1-19-5-3-4-6-20(19)8-10-26(2)18(19)12-14-11-16(17(27)13-15(14)20)25-9-7-21(22,23)24/h11,13,18,25,27H,3-10,12H2,1-2H3/t18-,19+,20+/m0/s1. The van der Waals surface area contributed by atoms with Crippen LogP contribution >= 0.6 is 0 Å². The molecule has 3 nitrogen and oxygen atoms in total. The first-order valence-electron chi connectivity index (χ1n) is 10.0.